The number of rotatable bonds is 1. The number of carbonyl (C=O) groups excluding carboxylic acids is 1. The summed E-state index contributed by atoms with van der Waals surface area (Å²) >= 11 is 0. The maximum Gasteiger partial charge on any atom is 0.238 e. The highest BCUT2D eigenvalue weighted by Gasteiger charge is 2.35. The van der Waals surface area contributed by atoms with Crippen LogP contribution in [0.15, 0.2) is 54.1 Å². The van der Waals surface area contributed by atoms with E-state index in [9.17, 15) is 4.79 Å². The average molecular weight is 317 g/mol. The number of amides is 1. The Balaban J connectivity index is 1.86. The summed E-state index contributed by atoms with van der Waals surface area (Å²) in [5.74, 6) is 0.258. The molecule has 0 bridgehead atoms. The first-order valence-electron chi connectivity index (χ1n) is 8.26. The van der Waals surface area contributed by atoms with E-state index in [0.29, 0.717) is 11.8 Å². The van der Waals surface area contributed by atoms with Gasteiger partial charge in [0.15, 0.2) is 0 Å². The van der Waals surface area contributed by atoms with Crippen LogP contribution in [0.5, 0.6) is 0 Å². The minimum Gasteiger partial charge on any atom is -0.325 e. The average Bonchev–Trinajstić information content (AvgIpc) is 2.69. The first-order chi connectivity index (χ1) is 11.6. The van der Waals surface area contributed by atoms with Gasteiger partial charge in [0, 0.05) is 11.3 Å². The van der Waals surface area contributed by atoms with Crippen LogP contribution in [0.3, 0.4) is 0 Å². The van der Waals surface area contributed by atoms with Gasteiger partial charge in [-0.1, -0.05) is 50.3 Å². The lowest BCUT2D eigenvalue weighted by molar-refractivity contribution is -0.120. The van der Waals surface area contributed by atoms with Gasteiger partial charge in [0.25, 0.3) is 0 Å². The molecule has 24 heavy (non-hydrogen) atoms. The van der Waals surface area contributed by atoms with Crippen LogP contribution in [-0.2, 0) is 4.79 Å². The zero-order chi connectivity index (χ0) is 16.7. The summed E-state index contributed by atoms with van der Waals surface area (Å²) in [6, 6.07) is 0. The molecule has 4 nitrogen and oxygen atoms in total. The molecule has 4 rings (SSSR count). The topological polar surface area (TPSA) is 54.9 Å². The smallest absolute Gasteiger partial charge is 0.238 e. The monoisotopic (exact) mass is 317 g/mol. The van der Waals surface area contributed by atoms with Crippen LogP contribution >= 0.6 is 0 Å². The van der Waals surface area contributed by atoms with E-state index in [4.69, 9.17) is 0 Å². The predicted octanol–water partition coefficient (Wildman–Crippen LogP) is 3.38. The van der Waals surface area contributed by atoms with Crippen molar-refractivity contribution < 1.29 is 4.79 Å². The fraction of sp³-hybridized carbons (Fsp3) is 0.250. The van der Waals surface area contributed by atoms with Gasteiger partial charge in [0.05, 0.1) is 11.4 Å². The van der Waals surface area contributed by atoms with Crippen molar-refractivity contribution in [1.82, 2.24) is 15.3 Å². The summed E-state index contributed by atoms with van der Waals surface area (Å²) in [6.07, 6.45) is 18.1. The Morgan fingerprint density at radius 1 is 0.917 bits per heavy atom. The lowest BCUT2D eigenvalue weighted by Crippen LogP contribution is -2.22. The maximum atomic E-state index is 12.6. The first kappa shape index (κ1) is 14.8. The molecule has 0 aromatic carbocycles. The van der Waals surface area contributed by atoms with Crippen molar-refractivity contribution in [3.05, 3.63) is 71.0 Å². The predicted molar refractivity (Wildman–Crippen MR) is 94.6 cm³/mol. The van der Waals surface area contributed by atoms with Crippen molar-refractivity contribution in [3.8, 4) is 0 Å². The van der Waals surface area contributed by atoms with E-state index in [2.05, 4.69) is 59.5 Å². The van der Waals surface area contributed by atoms with Crippen molar-refractivity contribution in [2.45, 2.75) is 19.8 Å². The summed E-state index contributed by atoms with van der Waals surface area (Å²) in [5.41, 5.74) is 4.42. The Hall–Kier alpha value is -2.75. The highest BCUT2D eigenvalue weighted by atomic mass is 16.2. The molecule has 3 aliphatic rings. The quantitative estimate of drug-likeness (QED) is 0.864. The molecule has 0 saturated heterocycles. The van der Waals surface area contributed by atoms with Crippen LogP contribution < -0.4 is 5.32 Å². The van der Waals surface area contributed by atoms with Crippen molar-refractivity contribution in [2.24, 2.45) is 11.8 Å². The number of carbonyl (C=O) groups is 1. The molecule has 1 aromatic heterocycles. The lowest BCUT2D eigenvalue weighted by atomic mass is 9.91. The minimum absolute atomic E-state index is 0.0283. The van der Waals surface area contributed by atoms with Crippen LogP contribution in [-0.4, -0.2) is 15.9 Å². The molecule has 0 radical (unpaired) electrons. The summed E-state index contributed by atoms with van der Waals surface area (Å²) in [7, 11) is 0. The van der Waals surface area contributed by atoms with Crippen LogP contribution in [0.2, 0.25) is 0 Å². The SMILES string of the molecule is CC1C=CC2=C(C=C1)C(c1ncnc3c1C=CC(C)C=C3)C(=O)N2. The van der Waals surface area contributed by atoms with Crippen molar-refractivity contribution in [2.75, 3.05) is 0 Å². The van der Waals surface area contributed by atoms with Gasteiger partial charge in [-0.25, -0.2) is 9.97 Å². The third kappa shape index (κ3) is 2.44. The van der Waals surface area contributed by atoms with Crippen LogP contribution in [0.4, 0.5) is 0 Å². The molecular formula is C20H19N3O. The van der Waals surface area contributed by atoms with Gasteiger partial charge in [-0.3, -0.25) is 4.79 Å². The molecule has 4 heteroatoms. The third-order valence-electron chi connectivity index (χ3n) is 4.63. The standard InChI is InChI=1S/C20H19N3O/c1-12-3-7-14-17(10-6-12)23-20(24)18(14)19-15-8-4-13(2)5-9-16(15)21-11-22-19/h3-13,18H,1-2H3,(H,23,24). The van der Waals surface area contributed by atoms with Gasteiger partial charge >= 0.3 is 0 Å². The third-order valence-corrected chi connectivity index (χ3v) is 4.63. The normalized spacial score (nSPS) is 27.6. The summed E-state index contributed by atoms with van der Waals surface area (Å²) in [4.78, 5) is 21.5. The van der Waals surface area contributed by atoms with Crippen molar-refractivity contribution in [1.29, 1.82) is 0 Å². The van der Waals surface area contributed by atoms with Crippen molar-refractivity contribution >= 4 is 18.1 Å². The highest BCUT2D eigenvalue weighted by molar-refractivity contribution is 5.94. The fourth-order valence-electron chi connectivity index (χ4n) is 3.25. The molecule has 3 unspecified atom stereocenters. The molecule has 0 spiro atoms. The van der Waals surface area contributed by atoms with E-state index in [1.54, 1.807) is 6.33 Å². The Labute approximate surface area is 141 Å². The Morgan fingerprint density at radius 2 is 1.62 bits per heavy atom. The molecule has 1 aliphatic heterocycles. The second-order valence-corrected chi connectivity index (χ2v) is 6.50. The van der Waals surface area contributed by atoms with Crippen LogP contribution in [0, 0.1) is 11.8 Å². The molecule has 0 saturated carbocycles. The number of nitrogens with one attached hydrogen (secondary N) is 1. The van der Waals surface area contributed by atoms with Gasteiger partial charge in [-0.05, 0) is 29.6 Å². The molecule has 120 valence electrons. The van der Waals surface area contributed by atoms with E-state index >= 15 is 0 Å². The lowest BCUT2D eigenvalue weighted by Gasteiger charge is -2.14. The van der Waals surface area contributed by atoms with Gasteiger partial charge in [0.2, 0.25) is 5.91 Å². The highest BCUT2D eigenvalue weighted by Crippen LogP contribution is 2.36. The number of allylic oxidation sites excluding steroid dienone is 6. The van der Waals surface area contributed by atoms with Gasteiger partial charge < -0.3 is 5.32 Å². The second kappa shape index (κ2) is 5.71. The summed E-state index contributed by atoms with van der Waals surface area (Å²) in [6.45, 7) is 4.24. The Morgan fingerprint density at radius 3 is 2.46 bits per heavy atom. The molecule has 1 N–H and O–H groups in total. The zero-order valence-electron chi connectivity index (χ0n) is 13.7. The van der Waals surface area contributed by atoms with E-state index in [0.717, 1.165) is 28.2 Å². The van der Waals surface area contributed by atoms with Crippen LogP contribution in [0.25, 0.3) is 12.2 Å². The minimum atomic E-state index is -0.394. The number of hydrogen-bond donors (Lipinski definition) is 1. The molecule has 1 aromatic rings. The number of nitrogens with zero attached hydrogens (tertiary/aromatic N) is 2. The van der Waals surface area contributed by atoms with Crippen molar-refractivity contribution in [3.63, 3.8) is 0 Å². The largest absolute Gasteiger partial charge is 0.325 e. The van der Waals surface area contributed by atoms with Gasteiger partial charge in [0.1, 0.15) is 12.2 Å². The number of aromatic nitrogens is 2. The summed E-state index contributed by atoms with van der Waals surface area (Å²) < 4.78 is 0. The zero-order valence-corrected chi connectivity index (χ0v) is 13.7. The Kier molecular flexibility index (Phi) is 3.53. The maximum absolute atomic E-state index is 12.6. The molecule has 3 atom stereocenters. The fourth-order valence-corrected chi connectivity index (χ4v) is 3.25. The van der Waals surface area contributed by atoms with E-state index in [1.165, 1.54) is 0 Å². The van der Waals surface area contributed by atoms with E-state index in [-0.39, 0.29) is 5.91 Å². The molecular weight excluding hydrogens is 298 g/mol. The van der Waals surface area contributed by atoms with Crippen LogP contribution in [0.1, 0.15) is 36.7 Å². The molecule has 0 fully saturated rings. The second-order valence-electron chi connectivity index (χ2n) is 6.50. The molecule has 2 heterocycles. The van der Waals surface area contributed by atoms with E-state index in [1.807, 2.05) is 18.2 Å². The van der Waals surface area contributed by atoms with E-state index < -0.39 is 5.92 Å². The van der Waals surface area contributed by atoms with Gasteiger partial charge in [-0.2, -0.15) is 0 Å². The molecule has 1 amide bonds. The Bertz CT molecular complexity index is 858. The molecule has 2 aliphatic carbocycles. The first-order valence-corrected chi connectivity index (χ1v) is 8.26. The number of hydrogen-bond acceptors (Lipinski definition) is 3. The van der Waals surface area contributed by atoms with Gasteiger partial charge in [-0.15, -0.1) is 0 Å². The number of fused-ring (bicyclic) bond motifs is 1. The summed E-state index contributed by atoms with van der Waals surface area (Å²) in [5, 5.41) is 3.00.